The summed E-state index contributed by atoms with van der Waals surface area (Å²) in [4.78, 5) is 25.7. The third kappa shape index (κ3) is 3.89. The van der Waals surface area contributed by atoms with Crippen LogP contribution in [0.3, 0.4) is 0 Å². The minimum atomic E-state index is -0.522. The van der Waals surface area contributed by atoms with E-state index in [0.29, 0.717) is 29.5 Å². The molecule has 0 bridgehead atoms. The monoisotopic (exact) mass is 360 g/mol. The average Bonchev–Trinajstić information content (AvgIpc) is 2.63. The average molecular weight is 361 g/mol. The normalized spacial score (nSPS) is 14.2. The lowest BCUT2D eigenvalue weighted by molar-refractivity contribution is -0.384. The number of benzene rings is 2. The topological polar surface area (TPSA) is 87.5 Å². The Morgan fingerprint density at radius 1 is 1.16 bits per heavy atom. The van der Waals surface area contributed by atoms with Crippen molar-refractivity contribution in [3.63, 3.8) is 0 Å². The third-order valence-corrected chi connectivity index (χ3v) is 4.25. The van der Waals surface area contributed by atoms with E-state index in [2.05, 4.69) is 10.6 Å². The fourth-order valence-corrected chi connectivity index (χ4v) is 2.92. The Morgan fingerprint density at radius 2 is 1.84 bits per heavy atom. The molecule has 0 aromatic heterocycles. The van der Waals surface area contributed by atoms with Gasteiger partial charge in [0.25, 0.3) is 5.91 Å². The van der Waals surface area contributed by atoms with Crippen molar-refractivity contribution in [1.29, 1.82) is 0 Å². The van der Waals surface area contributed by atoms with Gasteiger partial charge in [-0.1, -0.05) is 17.7 Å². The quantitative estimate of drug-likeness (QED) is 0.646. The first kappa shape index (κ1) is 17.2. The van der Waals surface area contributed by atoms with Crippen LogP contribution < -0.4 is 15.5 Å². The van der Waals surface area contributed by atoms with Crippen LogP contribution in [0, 0.1) is 10.1 Å². The molecule has 2 aromatic carbocycles. The van der Waals surface area contributed by atoms with Crippen LogP contribution in [0.5, 0.6) is 0 Å². The molecular formula is C17H17ClN4O3. The number of nitrogens with zero attached hydrogens (tertiary/aromatic N) is 2. The molecule has 1 amide bonds. The Bertz CT molecular complexity index is 789. The zero-order valence-electron chi connectivity index (χ0n) is 13.4. The minimum Gasteiger partial charge on any atom is -0.363 e. The van der Waals surface area contributed by atoms with Crippen LogP contribution in [0.25, 0.3) is 0 Å². The number of para-hydroxylation sites is 1. The largest absolute Gasteiger partial charge is 0.363 e. The summed E-state index contributed by atoms with van der Waals surface area (Å²) in [5.74, 6) is -0.522. The molecule has 0 saturated carbocycles. The molecular weight excluding hydrogens is 344 g/mol. The number of carbonyl (C=O) groups excluding carboxylic acids is 1. The van der Waals surface area contributed by atoms with Gasteiger partial charge in [0.05, 0.1) is 4.92 Å². The molecule has 25 heavy (non-hydrogen) atoms. The Hall–Kier alpha value is -2.64. The molecule has 1 aliphatic rings. The van der Waals surface area contributed by atoms with Gasteiger partial charge in [0, 0.05) is 36.9 Å². The highest BCUT2D eigenvalue weighted by atomic mass is 35.5. The van der Waals surface area contributed by atoms with Gasteiger partial charge in [-0.15, -0.1) is 0 Å². The van der Waals surface area contributed by atoms with Crippen molar-refractivity contribution in [2.24, 2.45) is 0 Å². The molecule has 130 valence electrons. The van der Waals surface area contributed by atoms with Gasteiger partial charge >= 0.3 is 5.69 Å². The van der Waals surface area contributed by atoms with E-state index in [-0.39, 0.29) is 11.3 Å². The number of halogens is 1. The van der Waals surface area contributed by atoms with Crippen LogP contribution in [-0.4, -0.2) is 37.0 Å². The van der Waals surface area contributed by atoms with Crippen molar-refractivity contribution in [2.75, 3.05) is 36.4 Å². The molecule has 0 radical (unpaired) electrons. The highest BCUT2D eigenvalue weighted by molar-refractivity contribution is 6.30. The Balaban J connectivity index is 1.93. The Morgan fingerprint density at radius 3 is 2.48 bits per heavy atom. The van der Waals surface area contributed by atoms with E-state index in [1.165, 1.54) is 6.07 Å². The maximum Gasteiger partial charge on any atom is 0.305 e. The number of nitro benzene ring substituents is 1. The number of nitrogens with one attached hydrogen (secondary N) is 2. The molecule has 2 N–H and O–H groups in total. The summed E-state index contributed by atoms with van der Waals surface area (Å²) in [6.07, 6.45) is 0. The maximum absolute atomic E-state index is 12.6. The molecule has 0 unspecified atom stereocenters. The number of amides is 1. The fourth-order valence-electron chi connectivity index (χ4n) is 2.80. The lowest BCUT2D eigenvalue weighted by atomic mass is 10.1. The Kier molecular flexibility index (Phi) is 5.16. The zero-order valence-corrected chi connectivity index (χ0v) is 14.1. The first-order valence-corrected chi connectivity index (χ1v) is 8.24. The second-order valence-corrected chi connectivity index (χ2v) is 6.06. The van der Waals surface area contributed by atoms with Crippen LogP contribution in [0.15, 0.2) is 42.5 Å². The first-order chi connectivity index (χ1) is 12.1. The van der Waals surface area contributed by atoms with E-state index in [1.807, 2.05) is 4.90 Å². The van der Waals surface area contributed by atoms with E-state index < -0.39 is 10.8 Å². The summed E-state index contributed by atoms with van der Waals surface area (Å²) in [5.41, 5.74) is 0.860. The van der Waals surface area contributed by atoms with Crippen LogP contribution >= 0.6 is 11.6 Å². The highest BCUT2D eigenvalue weighted by Gasteiger charge is 2.28. The number of anilines is 2. The Labute approximate surface area is 149 Å². The number of hydrogen-bond acceptors (Lipinski definition) is 5. The van der Waals surface area contributed by atoms with Gasteiger partial charge in [-0.25, -0.2) is 0 Å². The second-order valence-electron chi connectivity index (χ2n) is 5.63. The third-order valence-electron chi connectivity index (χ3n) is 4.00. The summed E-state index contributed by atoms with van der Waals surface area (Å²) in [6, 6.07) is 11.4. The first-order valence-electron chi connectivity index (χ1n) is 7.86. The molecule has 2 aromatic rings. The summed E-state index contributed by atoms with van der Waals surface area (Å²) in [7, 11) is 0. The number of carbonyl (C=O) groups is 1. The van der Waals surface area contributed by atoms with Crippen molar-refractivity contribution < 1.29 is 9.72 Å². The summed E-state index contributed by atoms with van der Waals surface area (Å²) in [6.45, 7) is 2.81. The lowest BCUT2D eigenvalue weighted by Gasteiger charge is -2.29. The smallest absolute Gasteiger partial charge is 0.305 e. The zero-order chi connectivity index (χ0) is 17.8. The SMILES string of the molecule is O=C(Nc1ccc(Cl)cc1)c1cccc(N2CCNCC2)c1[N+](=O)[O-]. The predicted molar refractivity (Wildman–Crippen MR) is 97.6 cm³/mol. The minimum absolute atomic E-state index is 0.0379. The molecule has 1 fully saturated rings. The van der Waals surface area contributed by atoms with E-state index in [9.17, 15) is 14.9 Å². The maximum atomic E-state index is 12.6. The van der Waals surface area contributed by atoms with Crippen LogP contribution in [-0.2, 0) is 0 Å². The molecule has 0 aliphatic carbocycles. The van der Waals surface area contributed by atoms with Crippen molar-refractivity contribution >= 4 is 34.6 Å². The van der Waals surface area contributed by atoms with Gasteiger partial charge in [-0.3, -0.25) is 14.9 Å². The summed E-state index contributed by atoms with van der Waals surface area (Å²) in [5, 5.41) is 18.1. The van der Waals surface area contributed by atoms with Crippen LogP contribution in [0.2, 0.25) is 5.02 Å². The molecule has 1 aliphatic heterocycles. The molecule has 0 atom stereocenters. The molecule has 8 heteroatoms. The van der Waals surface area contributed by atoms with Crippen molar-refractivity contribution in [3.05, 3.63) is 63.2 Å². The van der Waals surface area contributed by atoms with Crippen molar-refractivity contribution in [3.8, 4) is 0 Å². The molecule has 3 rings (SSSR count). The van der Waals surface area contributed by atoms with Gasteiger partial charge in [0.2, 0.25) is 0 Å². The molecule has 0 spiro atoms. The van der Waals surface area contributed by atoms with Gasteiger partial charge in [-0.05, 0) is 36.4 Å². The van der Waals surface area contributed by atoms with E-state index in [0.717, 1.165) is 13.1 Å². The van der Waals surface area contributed by atoms with E-state index in [4.69, 9.17) is 11.6 Å². The second kappa shape index (κ2) is 7.50. The summed E-state index contributed by atoms with van der Waals surface area (Å²) < 4.78 is 0. The molecule has 1 heterocycles. The number of rotatable bonds is 4. The van der Waals surface area contributed by atoms with Crippen molar-refractivity contribution in [2.45, 2.75) is 0 Å². The highest BCUT2D eigenvalue weighted by Crippen LogP contribution is 2.32. The number of nitro groups is 1. The van der Waals surface area contributed by atoms with Gasteiger partial charge in [0.15, 0.2) is 0 Å². The van der Waals surface area contributed by atoms with Gasteiger partial charge < -0.3 is 15.5 Å². The van der Waals surface area contributed by atoms with E-state index >= 15 is 0 Å². The molecule has 7 nitrogen and oxygen atoms in total. The predicted octanol–water partition coefficient (Wildman–Crippen LogP) is 2.91. The van der Waals surface area contributed by atoms with Gasteiger partial charge in [0.1, 0.15) is 11.3 Å². The number of piperazine rings is 1. The summed E-state index contributed by atoms with van der Waals surface area (Å²) >= 11 is 5.83. The lowest BCUT2D eigenvalue weighted by Crippen LogP contribution is -2.43. The van der Waals surface area contributed by atoms with Crippen LogP contribution in [0.4, 0.5) is 17.1 Å². The van der Waals surface area contributed by atoms with Crippen molar-refractivity contribution in [1.82, 2.24) is 5.32 Å². The fraction of sp³-hybridized carbons (Fsp3) is 0.235. The van der Waals surface area contributed by atoms with E-state index in [1.54, 1.807) is 36.4 Å². The molecule has 1 saturated heterocycles. The van der Waals surface area contributed by atoms with Crippen LogP contribution in [0.1, 0.15) is 10.4 Å². The standard InChI is InChI=1S/C17H17ClN4O3/c18-12-4-6-13(7-5-12)20-17(23)14-2-1-3-15(16(14)22(24)25)21-10-8-19-9-11-21/h1-7,19H,8-11H2,(H,20,23). The number of hydrogen-bond donors (Lipinski definition) is 2. The van der Waals surface area contributed by atoms with Gasteiger partial charge in [-0.2, -0.15) is 0 Å².